The van der Waals surface area contributed by atoms with E-state index in [1.807, 2.05) is 17.5 Å². The van der Waals surface area contributed by atoms with Crippen molar-refractivity contribution in [3.05, 3.63) is 17.5 Å². The first-order chi connectivity index (χ1) is 6.43. The van der Waals surface area contributed by atoms with Gasteiger partial charge in [0.15, 0.2) is 5.06 Å². The lowest BCUT2D eigenvalue weighted by molar-refractivity contribution is 0.313. The Hall–Kier alpha value is -0.210. The van der Waals surface area contributed by atoms with Gasteiger partial charge < -0.3 is 4.74 Å². The van der Waals surface area contributed by atoms with E-state index in [2.05, 4.69) is 0 Å². The summed E-state index contributed by atoms with van der Waals surface area (Å²) in [5, 5.41) is 3.06. The van der Waals surface area contributed by atoms with Gasteiger partial charge in [0.1, 0.15) is 0 Å². The second-order valence-corrected chi connectivity index (χ2v) is 4.17. The zero-order valence-corrected chi connectivity index (χ0v) is 9.24. The van der Waals surface area contributed by atoms with Crippen LogP contribution in [-0.2, 0) is 0 Å². The van der Waals surface area contributed by atoms with Gasteiger partial charge in [-0.2, -0.15) is 0 Å². The zero-order chi connectivity index (χ0) is 9.36. The summed E-state index contributed by atoms with van der Waals surface area (Å²) in [7, 11) is 0. The molecule has 0 saturated heterocycles. The number of unbranched alkanes of at least 4 members (excludes halogenated alkanes) is 3. The average molecular weight is 219 g/mol. The Bertz CT molecular complexity index is 199. The number of ether oxygens (including phenoxy) is 1. The summed E-state index contributed by atoms with van der Waals surface area (Å²) >= 11 is 7.21. The molecule has 0 spiro atoms. The van der Waals surface area contributed by atoms with Gasteiger partial charge in [0, 0.05) is 5.88 Å². The minimum Gasteiger partial charge on any atom is -0.484 e. The van der Waals surface area contributed by atoms with Crippen molar-refractivity contribution in [2.45, 2.75) is 25.7 Å². The SMILES string of the molecule is ClCCCCCCOc1cccs1. The molecule has 0 bridgehead atoms. The molecule has 0 aliphatic carbocycles. The molecule has 0 unspecified atom stereocenters. The van der Waals surface area contributed by atoms with E-state index in [-0.39, 0.29) is 0 Å². The number of rotatable bonds is 7. The zero-order valence-electron chi connectivity index (χ0n) is 7.67. The molecule has 0 radical (unpaired) electrons. The van der Waals surface area contributed by atoms with Gasteiger partial charge in [-0.1, -0.05) is 12.8 Å². The molecule has 3 heteroatoms. The van der Waals surface area contributed by atoms with Gasteiger partial charge in [0.2, 0.25) is 0 Å². The van der Waals surface area contributed by atoms with Crippen molar-refractivity contribution >= 4 is 22.9 Å². The Morgan fingerprint density at radius 3 is 2.77 bits per heavy atom. The number of alkyl halides is 1. The summed E-state index contributed by atoms with van der Waals surface area (Å²) in [5.41, 5.74) is 0. The molecule has 13 heavy (non-hydrogen) atoms. The van der Waals surface area contributed by atoms with Crippen molar-refractivity contribution in [1.82, 2.24) is 0 Å². The standard InChI is InChI=1S/C10H15ClOS/c11-7-3-1-2-4-8-12-10-6-5-9-13-10/h5-6,9H,1-4,7-8H2. The van der Waals surface area contributed by atoms with Gasteiger partial charge in [0.25, 0.3) is 0 Å². The van der Waals surface area contributed by atoms with E-state index in [1.165, 1.54) is 12.8 Å². The van der Waals surface area contributed by atoms with Crippen LogP contribution in [0.3, 0.4) is 0 Å². The Morgan fingerprint density at radius 1 is 1.23 bits per heavy atom. The molecular weight excluding hydrogens is 204 g/mol. The van der Waals surface area contributed by atoms with Crippen LogP contribution in [-0.4, -0.2) is 12.5 Å². The third kappa shape index (κ3) is 5.17. The fraction of sp³-hybridized carbons (Fsp3) is 0.600. The number of hydrogen-bond donors (Lipinski definition) is 0. The first kappa shape index (κ1) is 10.9. The van der Waals surface area contributed by atoms with E-state index in [4.69, 9.17) is 16.3 Å². The normalized spacial score (nSPS) is 10.2. The quantitative estimate of drug-likeness (QED) is 0.498. The van der Waals surface area contributed by atoms with Gasteiger partial charge in [-0.25, -0.2) is 0 Å². The highest BCUT2D eigenvalue weighted by atomic mass is 35.5. The summed E-state index contributed by atoms with van der Waals surface area (Å²) < 4.78 is 5.51. The fourth-order valence-electron chi connectivity index (χ4n) is 1.07. The first-order valence-corrected chi connectivity index (χ1v) is 6.07. The van der Waals surface area contributed by atoms with Crippen LogP contribution in [0.25, 0.3) is 0 Å². The van der Waals surface area contributed by atoms with E-state index in [0.29, 0.717) is 0 Å². The summed E-state index contributed by atoms with van der Waals surface area (Å²) in [4.78, 5) is 0. The van der Waals surface area contributed by atoms with Crippen LogP contribution in [0.5, 0.6) is 5.06 Å². The van der Waals surface area contributed by atoms with Gasteiger partial charge in [-0.05, 0) is 30.4 Å². The monoisotopic (exact) mass is 218 g/mol. The Morgan fingerprint density at radius 2 is 2.08 bits per heavy atom. The predicted octanol–water partition coefficient (Wildman–Crippen LogP) is 3.93. The van der Waals surface area contributed by atoms with Gasteiger partial charge in [-0.15, -0.1) is 22.9 Å². The Kier molecular flexibility index (Phi) is 6.03. The van der Waals surface area contributed by atoms with E-state index >= 15 is 0 Å². The fourth-order valence-corrected chi connectivity index (χ4v) is 1.86. The first-order valence-electron chi connectivity index (χ1n) is 4.66. The molecule has 0 atom stereocenters. The Labute approximate surface area is 88.7 Å². The molecule has 0 saturated carbocycles. The van der Waals surface area contributed by atoms with Crippen molar-refractivity contribution in [2.75, 3.05) is 12.5 Å². The van der Waals surface area contributed by atoms with Crippen LogP contribution < -0.4 is 4.74 Å². The lowest BCUT2D eigenvalue weighted by Crippen LogP contribution is -1.95. The molecule has 1 heterocycles. The highest BCUT2D eigenvalue weighted by Gasteiger charge is 1.93. The third-order valence-corrected chi connectivity index (χ3v) is 2.81. The minimum absolute atomic E-state index is 0.784. The summed E-state index contributed by atoms with van der Waals surface area (Å²) in [5.74, 6) is 0.784. The second kappa shape index (κ2) is 7.22. The molecule has 0 aliphatic heterocycles. The van der Waals surface area contributed by atoms with Crippen LogP contribution in [0, 0.1) is 0 Å². The Balaban J connectivity index is 1.90. The van der Waals surface area contributed by atoms with Gasteiger partial charge >= 0.3 is 0 Å². The van der Waals surface area contributed by atoms with Crippen molar-refractivity contribution in [3.63, 3.8) is 0 Å². The van der Waals surface area contributed by atoms with Crippen LogP contribution in [0.2, 0.25) is 0 Å². The number of hydrogen-bond acceptors (Lipinski definition) is 2. The smallest absolute Gasteiger partial charge is 0.173 e. The maximum absolute atomic E-state index is 5.57. The third-order valence-electron chi connectivity index (χ3n) is 1.77. The average Bonchev–Trinajstić information content (AvgIpc) is 2.63. The molecule has 0 aliphatic rings. The van der Waals surface area contributed by atoms with Crippen LogP contribution in [0.1, 0.15) is 25.7 Å². The number of thiophene rings is 1. The molecule has 1 rings (SSSR count). The molecule has 1 aromatic heterocycles. The van der Waals surface area contributed by atoms with E-state index < -0.39 is 0 Å². The highest BCUT2D eigenvalue weighted by molar-refractivity contribution is 7.11. The van der Waals surface area contributed by atoms with Gasteiger partial charge in [-0.3, -0.25) is 0 Å². The van der Waals surface area contributed by atoms with E-state index in [9.17, 15) is 0 Å². The predicted molar refractivity (Wildman–Crippen MR) is 59.0 cm³/mol. The maximum atomic E-state index is 5.57. The second-order valence-electron chi connectivity index (χ2n) is 2.88. The van der Waals surface area contributed by atoms with Crippen molar-refractivity contribution in [1.29, 1.82) is 0 Å². The van der Waals surface area contributed by atoms with Crippen molar-refractivity contribution in [3.8, 4) is 5.06 Å². The molecule has 0 aromatic carbocycles. The molecule has 0 N–H and O–H groups in total. The lowest BCUT2D eigenvalue weighted by atomic mass is 10.2. The summed E-state index contributed by atoms with van der Waals surface area (Å²) in [6, 6.07) is 4.01. The molecule has 0 fully saturated rings. The van der Waals surface area contributed by atoms with E-state index in [0.717, 1.165) is 30.4 Å². The maximum Gasteiger partial charge on any atom is 0.173 e. The summed E-state index contributed by atoms with van der Waals surface area (Å²) in [6.07, 6.45) is 4.70. The van der Waals surface area contributed by atoms with Crippen LogP contribution in [0.4, 0.5) is 0 Å². The van der Waals surface area contributed by atoms with Crippen molar-refractivity contribution < 1.29 is 4.74 Å². The molecule has 1 aromatic rings. The van der Waals surface area contributed by atoms with Crippen molar-refractivity contribution in [2.24, 2.45) is 0 Å². The number of halogens is 1. The topological polar surface area (TPSA) is 9.23 Å². The van der Waals surface area contributed by atoms with Crippen LogP contribution in [0.15, 0.2) is 17.5 Å². The highest BCUT2D eigenvalue weighted by Crippen LogP contribution is 2.18. The van der Waals surface area contributed by atoms with Gasteiger partial charge in [0.05, 0.1) is 6.61 Å². The van der Waals surface area contributed by atoms with E-state index in [1.54, 1.807) is 11.3 Å². The van der Waals surface area contributed by atoms with Crippen LogP contribution >= 0.6 is 22.9 Å². The minimum atomic E-state index is 0.784. The molecule has 0 amide bonds. The molecule has 1 nitrogen and oxygen atoms in total. The summed E-state index contributed by atoms with van der Waals surface area (Å²) in [6.45, 7) is 0.836. The lowest BCUT2D eigenvalue weighted by Gasteiger charge is -2.02. The molecular formula is C10H15ClOS. The largest absolute Gasteiger partial charge is 0.484 e. The molecule has 74 valence electrons.